The number of nitrogens with zero attached hydrogens (tertiary/aromatic N) is 2. The highest BCUT2D eigenvalue weighted by Gasteiger charge is 2.20. The van der Waals surface area contributed by atoms with Gasteiger partial charge in [-0.3, -0.25) is 0 Å². The van der Waals surface area contributed by atoms with Crippen LogP contribution in [0.4, 0.5) is 4.79 Å². The second-order valence-electron chi connectivity index (χ2n) is 5.89. The molecule has 124 valence electrons. The van der Waals surface area contributed by atoms with Crippen LogP contribution in [0.2, 0.25) is 0 Å². The van der Waals surface area contributed by atoms with Crippen LogP contribution in [-0.2, 0) is 0 Å². The van der Waals surface area contributed by atoms with Crippen LogP contribution in [-0.4, -0.2) is 50.1 Å². The van der Waals surface area contributed by atoms with E-state index in [9.17, 15) is 4.79 Å². The molecule has 0 aliphatic heterocycles. The minimum Gasteiger partial charge on any atom is -0.467 e. The van der Waals surface area contributed by atoms with Crippen LogP contribution in [0.25, 0.3) is 0 Å². The van der Waals surface area contributed by atoms with E-state index in [0.29, 0.717) is 6.54 Å². The molecule has 0 aliphatic rings. The molecule has 23 heavy (non-hydrogen) atoms. The largest absolute Gasteiger partial charge is 0.467 e. The van der Waals surface area contributed by atoms with Gasteiger partial charge in [-0.05, 0) is 44.8 Å². The molecular formula is C18H25N3O2. The zero-order chi connectivity index (χ0) is 16.7. The summed E-state index contributed by atoms with van der Waals surface area (Å²) in [5.74, 6) is 0.728. The van der Waals surface area contributed by atoms with Crippen molar-refractivity contribution in [2.45, 2.75) is 12.5 Å². The first kappa shape index (κ1) is 17.1. The van der Waals surface area contributed by atoms with Gasteiger partial charge in [-0.1, -0.05) is 30.3 Å². The van der Waals surface area contributed by atoms with Gasteiger partial charge in [-0.15, -0.1) is 0 Å². The van der Waals surface area contributed by atoms with E-state index in [1.165, 1.54) is 0 Å². The summed E-state index contributed by atoms with van der Waals surface area (Å²) in [6.45, 7) is 1.67. The van der Waals surface area contributed by atoms with E-state index in [0.717, 1.165) is 24.3 Å². The van der Waals surface area contributed by atoms with Crippen LogP contribution in [0, 0.1) is 0 Å². The minimum absolute atomic E-state index is 0.103. The van der Waals surface area contributed by atoms with Crippen molar-refractivity contribution in [3.8, 4) is 0 Å². The van der Waals surface area contributed by atoms with Crippen molar-refractivity contribution in [1.29, 1.82) is 0 Å². The van der Waals surface area contributed by atoms with Gasteiger partial charge in [-0.2, -0.15) is 0 Å². The lowest BCUT2D eigenvalue weighted by Crippen LogP contribution is -2.40. The fourth-order valence-electron chi connectivity index (χ4n) is 2.38. The summed E-state index contributed by atoms with van der Waals surface area (Å²) in [4.78, 5) is 16.3. The Balaban J connectivity index is 2.02. The van der Waals surface area contributed by atoms with Crippen molar-refractivity contribution >= 4 is 6.03 Å². The quantitative estimate of drug-likeness (QED) is 0.854. The number of carbonyl (C=O) groups excluding carboxylic acids is 1. The van der Waals surface area contributed by atoms with Crippen molar-refractivity contribution in [2.24, 2.45) is 0 Å². The summed E-state index contributed by atoms with van der Waals surface area (Å²) in [6.07, 6.45) is 2.56. The molecule has 2 aromatic rings. The number of amides is 2. The smallest absolute Gasteiger partial charge is 0.317 e. The summed E-state index contributed by atoms with van der Waals surface area (Å²) in [6, 6.07) is 13.2. The zero-order valence-electron chi connectivity index (χ0n) is 14.0. The summed E-state index contributed by atoms with van der Waals surface area (Å²) in [5.41, 5.74) is 0.998. The third-order valence-corrected chi connectivity index (χ3v) is 3.67. The number of nitrogens with one attached hydrogen (secondary N) is 1. The summed E-state index contributed by atoms with van der Waals surface area (Å²) >= 11 is 0. The van der Waals surface area contributed by atoms with Gasteiger partial charge in [0.1, 0.15) is 11.8 Å². The molecule has 0 unspecified atom stereocenters. The first-order valence-corrected chi connectivity index (χ1v) is 7.82. The molecule has 0 bridgehead atoms. The molecule has 0 saturated heterocycles. The van der Waals surface area contributed by atoms with Crippen molar-refractivity contribution in [3.05, 3.63) is 60.1 Å². The van der Waals surface area contributed by atoms with Gasteiger partial charge in [0, 0.05) is 13.6 Å². The van der Waals surface area contributed by atoms with E-state index in [1.54, 1.807) is 11.2 Å². The Morgan fingerprint density at radius 3 is 2.43 bits per heavy atom. The molecule has 5 nitrogen and oxygen atoms in total. The van der Waals surface area contributed by atoms with Crippen LogP contribution in [0.5, 0.6) is 0 Å². The van der Waals surface area contributed by atoms with Crippen LogP contribution >= 0.6 is 0 Å². The Morgan fingerprint density at radius 1 is 1.09 bits per heavy atom. The molecule has 0 fully saturated rings. The van der Waals surface area contributed by atoms with Crippen LogP contribution in [0.3, 0.4) is 0 Å². The van der Waals surface area contributed by atoms with Gasteiger partial charge in [0.15, 0.2) is 0 Å². The Kier molecular flexibility index (Phi) is 6.23. The maximum absolute atomic E-state index is 12.5. The Bertz CT molecular complexity index is 582. The fraction of sp³-hybridized carbons (Fsp3) is 0.389. The Hall–Kier alpha value is -2.27. The maximum atomic E-state index is 12.5. The first-order chi connectivity index (χ1) is 11.1. The van der Waals surface area contributed by atoms with Crippen LogP contribution in [0.15, 0.2) is 53.1 Å². The highest BCUT2D eigenvalue weighted by Crippen LogP contribution is 2.22. The van der Waals surface area contributed by atoms with Crippen molar-refractivity contribution in [3.63, 3.8) is 0 Å². The predicted molar refractivity (Wildman–Crippen MR) is 91.3 cm³/mol. The average Bonchev–Trinajstić information content (AvgIpc) is 3.06. The minimum atomic E-state index is -0.282. The van der Waals surface area contributed by atoms with E-state index < -0.39 is 0 Å². The third kappa shape index (κ3) is 5.14. The molecule has 2 rings (SSSR count). The molecular weight excluding hydrogens is 290 g/mol. The SMILES string of the molecule is CN(C)CCCN(C)C(=O)N[C@@H](c1ccccc1)c1ccco1. The van der Waals surface area contributed by atoms with E-state index in [-0.39, 0.29) is 12.1 Å². The van der Waals surface area contributed by atoms with E-state index >= 15 is 0 Å². The maximum Gasteiger partial charge on any atom is 0.317 e. The zero-order valence-corrected chi connectivity index (χ0v) is 14.0. The van der Waals surface area contributed by atoms with E-state index in [4.69, 9.17) is 4.42 Å². The lowest BCUT2D eigenvalue weighted by atomic mass is 10.0. The molecule has 1 aromatic heterocycles. The van der Waals surface area contributed by atoms with Crippen molar-refractivity contribution in [1.82, 2.24) is 15.1 Å². The molecule has 0 spiro atoms. The summed E-state index contributed by atoms with van der Waals surface area (Å²) < 4.78 is 5.50. The molecule has 2 amide bonds. The normalized spacial score (nSPS) is 12.2. The number of benzene rings is 1. The first-order valence-electron chi connectivity index (χ1n) is 7.82. The topological polar surface area (TPSA) is 48.7 Å². The average molecular weight is 315 g/mol. The molecule has 1 N–H and O–H groups in total. The van der Waals surface area contributed by atoms with Crippen LogP contribution < -0.4 is 5.32 Å². The van der Waals surface area contributed by atoms with Crippen LogP contribution in [0.1, 0.15) is 23.8 Å². The Morgan fingerprint density at radius 2 is 1.83 bits per heavy atom. The van der Waals surface area contributed by atoms with Crippen molar-refractivity contribution in [2.75, 3.05) is 34.2 Å². The number of rotatable bonds is 7. The molecule has 5 heteroatoms. The monoisotopic (exact) mass is 315 g/mol. The lowest BCUT2D eigenvalue weighted by molar-refractivity contribution is 0.202. The van der Waals surface area contributed by atoms with Gasteiger partial charge in [0.25, 0.3) is 0 Å². The summed E-state index contributed by atoms with van der Waals surface area (Å²) in [7, 11) is 5.88. The third-order valence-electron chi connectivity index (χ3n) is 3.67. The van der Waals surface area contributed by atoms with E-state index in [2.05, 4.69) is 10.2 Å². The van der Waals surface area contributed by atoms with Gasteiger partial charge in [-0.25, -0.2) is 4.79 Å². The van der Waals surface area contributed by atoms with E-state index in [1.807, 2.05) is 63.6 Å². The number of carbonyl (C=O) groups is 1. The fourth-order valence-corrected chi connectivity index (χ4v) is 2.38. The molecule has 0 aliphatic carbocycles. The number of furan rings is 1. The second-order valence-corrected chi connectivity index (χ2v) is 5.89. The molecule has 1 atom stereocenters. The summed E-state index contributed by atoms with van der Waals surface area (Å²) in [5, 5.41) is 3.05. The second kappa shape index (κ2) is 8.39. The van der Waals surface area contributed by atoms with Gasteiger partial charge in [0.05, 0.1) is 6.26 Å². The number of hydrogen-bond donors (Lipinski definition) is 1. The molecule has 1 aromatic carbocycles. The number of urea groups is 1. The highest BCUT2D eigenvalue weighted by atomic mass is 16.3. The highest BCUT2D eigenvalue weighted by molar-refractivity contribution is 5.74. The molecule has 1 heterocycles. The van der Waals surface area contributed by atoms with Gasteiger partial charge in [0.2, 0.25) is 0 Å². The van der Waals surface area contributed by atoms with Crippen molar-refractivity contribution < 1.29 is 9.21 Å². The predicted octanol–water partition coefficient (Wildman–Crippen LogP) is 2.96. The molecule has 0 radical (unpaired) electrons. The lowest BCUT2D eigenvalue weighted by Gasteiger charge is -2.23. The molecule has 0 saturated carbocycles. The standard InChI is InChI=1S/C18H25N3O2/c1-20(2)12-8-13-21(3)18(22)19-17(16-11-7-14-23-16)15-9-5-4-6-10-15/h4-7,9-11,14,17H,8,12-13H2,1-3H3,(H,19,22)/t17-/m0/s1. The Labute approximate surface area is 137 Å². The number of hydrogen-bond acceptors (Lipinski definition) is 3. The van der Waals surface area contributed by atoms with Gasteiger partial charge < -0.3 is 19.5 Å². The van der Waals surface area contributed by atoms with Gasteiger partial charge >= 0.3 is 6.03 Å².